The molecule has 0 heterocycles. The van der Waals surface area contributed by atoms with Crippen LogP contribution in [0.15, 0.2) is 16.6 Å². The van der Waals surface area contributed by atoms with Crippen molar-refractivity contribution in [3.8, 4) is 0 Å². The number of anilines is 1. The summed E-state index contributed by atoms with van der Waals surface area (Å²) in [6.07, 6.45) is 0.304. The van der Waals surface area contributed by atoms with Crippen LogP contribution in [0.4, 0.5) is 10.5 Å². The number of nitrogens with one attached hydrogen (secondary N) is 2. The summed E-state index contributed by atoms with van der Waals surface area (Å²) < 4.78 is 0.674. The first-order chi connectivity index (χ1) is 8.85. The van der Waals surface area contributed by atoms with Crippen LogP contribution in [0.1, 0.15) is 18.9 Å². The minimum Gasteiger partial charge on any atom is -0.480 e. The van der Waals surface area contributed by atoms with Crippen LogP contribution in [-0.2, 0) is 4.79 Å². The third-order valence-corrected chi connectivity index (χ3v) is 3.57. The zero-order valence-corrected chi connectivity index (χ0v) is 12.8. The summed E-state index contributed by atoms with van der Waals surface area (Å²) in [6.45, 7) is 3.52. The van der Waals surface area contributed by atoms with E-state index in [9.17, 15) is 9.59 Å². The van der Waals surface area contributed by atoms with Gasteiger partial charge >= 0.3 is 12.0 Å². The van der Waals surface area contributed by atoms with Gasteiger partial charge in [-0.05, 0) is 47.0 Å². The highest BCUT2D eigenvalue weighted by Gasteiger charge is 2.18. The molecule has 0 aliphatic rings. The monoisotopic (exact) mass is 348 g/mol. The van der Waals surface area contributed by atoms with Crippen LogP contribution in [0.2, 0.25) is 5.02 Å². The highest BCUT2D eigenvalue weighted by atomic mass is 79.9. The normalized spacial score (nSPS) is 11.8. The second kappa shape index (κ2) is 6.77. The third kappa shape index (κ3) is 4.40. The van der Waals surface area contributed by atoms with E-state index in [1.165, 1.54) is 0 Å². The number of hydrogen-bond acceptors (Lipinski definition) is 2. The van der Waals surface area contributed by atoms with Crippen molar-refractivity contribution in [1.82, 2.24) is 5.32 Å². The Bertz CT molecular complexity index is 508. The average molecular weight is 350 g/mol. The highest BCUT2D eigenvalue weighted by molar-refractivity contribution is 9.10. The lowest BCUT2D eigenvalue weighted by Crippen LogP contribution is -2.42. The molecule has 104 valence electrons. The summed E-state index contributed by atoms with van der Waals surface area (Å²) in [4.78, 5) is 22.5. The number of halogens is 2. The number of hydrogen-bond donors (Lipinski definition) is 3. The summed E-state index contributed by atoms with van der Waals surface area (Å²) in [5.74, 6) is -1.07. The van der Waals surface area contributed by atoms with Crippen molar-refractivity contribution in [1.29, 1.82) is 0 Å². The smallest absolute Gasteiger partial charge is 0.326 e. The standard InChI is InChI=1S/C12H14BrClN2O3/c1-3-9(11(17)18)15-12(19)16-10-5-8(14)6(2)4-7(10)13/h4-5,9H,3H2,1-2H3,(H,17,18)(H2,15,16,19)/t9-/m1/s1. The van der Waals surface area contributed by atoms with E-state index in [1.807, 2.05) is 6.92 Å². The van der Waals surface area contributed by atoms with Gasteiger partial charge in [0.1, 0.15) is 6.04 Å². The van der Waals surface area contributed by atoms with Crippen LogP contribution in [0, 0.1) is 6.92 Å². The molecule has 0 unspecified atom stereocenters. The van der Waals surface area contributed by atoms with Gasteiger partial charge in [0.15, 0.2) is 0 Å². The Morgan fingerprint density at radius 3 is 2.63 bits per heavy atom. The number of carbonyl (C=O) groups excluding carboxylic acids is 1. The van der Waals surface area contributed by atoms with Gasteiger partial charge in [0, 0.05) is 9.50 Å². The molecule has 1 aromatic carbocycles. The van der Waals surface area contributed by atoms with Crippen LogP contribution < -0.4 is 10.6 Å². The second-order valence-corrected chi connectivity index (χ2v) is 5.24. The summed E-state index contributed by atoms with van der Waals surface area (Å²) >= 11 is 9.27. The maximum absolute atomic E-state index is 11.7. The van der Waals surface area contributed by atoms with Crippen LogP contribution in [0.25, 0.3) is 0 Å². The molecule has 0 radical (unpaired) electrons. The molecule has 0 aliphatic carbocycles. The zero-order valence-electron chi connectivity index (χ0n) is 10.5. The topological polar surface area (TPSA) is 78.4 Å². The Labute approximate surface area is 124 Å². The SMILES string of the molecule is CC[C@@H](NC(=O)Nc1cc(Cl)c(C)cc1Br)C(=O)O. The number of benzene rings is 1. The van der Waals surface area contributed by atoms with E-state index < -0.39 is 18.0 Å². The fourth-order valence-electron chi connectivity index (χ4n) is 1.40. The lowest BCUT2D eigenvalue weighted by atomic mass is 10.2. The van der Waals surface area contributed by atoms with Crippen molar-refractivity contribution in [3.63, 3.8) is 0 Å². The van der Waals surface area contributed by atoms with E-state index in [0.717, 1.165) is 5.56 Å². The number of urea groups is 1. The summed E-state index contributed by atoms with van der Waals surface area (Å²) in [5, 5.41) is 14.3. The van der Waals surface area contributed by atoms with Crippen molar-refractivity contribution in [2.75, 3.05) is 5.32 Å². The molecule has 3 N–H and O–H groups in total. The number of amides is 2. The number of aryl methyl sites for hydroxylation is 1. The molecule has 0 fully saturated rings. The third-order valence-electron chi connectivity index (χ3n) is 2.51. The van der Waals surface area contributed by atoms with Crippen LogP contribution in [0.5, 0.6) is 0 Å². The quantitative estimate of drug-likeness (QED) is 0.779. The Kier molecular flexibility index (Phi) is 5.62. The Morgan fingerprint density at radius 1 is 1.47 bits per heavy atom. The number of rotatable bonds is 4. The maximum atomic E-state index is 11.7. The van der Waals surface area contributed by atoms with Gasteiger partial charge in [-0.1, -0.05) is 18.5 Å². The number of carboxylic acids is 1. The van der Waals surface area contributed by atoms with E-state index in [2.05, 4.69) is 26.6 Å². The molecular weight excluding hydrogens is 336 g/mol. The number of aliphatic carboxylic acids is 1. The predicted octanol–water partition coefficient (Wildman–Crippen LogP) is 3.40. The molecule has 0 aliphatic heterocycles. The molecule has 5 nitrogen and oxygen atoms in total. The van der Waals surface area contributed by atoms with Crippen molar-refractivity contribution in [2.45, 2.75) is 26.3 Å². The molecule has 0 saturated carbocycles. The zero-order chi connectivity index (χ0) is 14.6. The Hall–Kier alpha value is -1.27. The van der Waals surface area contributed by atoms with E-state index in [0.29, 0.717) is 21.6 Å². The lowest BCUT2D eigenvalue weighted by molar-refractivity contribution is -0.139. The summed E-state index contributed by atoms with van der Waals surface area (Å²) in [7, 11) is 0. The fourth-order valence-corrected chi connectivity index (χ4v) is 2.12. The minimum atomic E-state index is -1.07. The summed E-state index contributed by atoms with van der Waals surface area (Å²) in [5.41, 5.74) is 1.35. The van der Waals surface area contributed by atoms with E-state index in [-0.39, 0.29) is 0 Å². The summed E-state index contributed by atoms with van der Waals surface area (Å²) in [6, 6.07) is 1.86. The van der Waals surface area contributed by atoms with E-state index >= 15 is 0 Å². The van der Waals surface area contributed by atoms with Crippen LogP contribution in [0.3, 0.4) is 0 Å². The van der Waals surface area contributed by atoms with Gasteiger partial charge in [-0.2, -0.15) is 0 Å². The first-order valence-corrected chi connectivity index (χ1v) is 6.78. The molecule has 19 heavy (non-hydrogen) atoms. The maximum Gasteiger partial charge on any atom is 0.326 e. The van der Waals surface area contributed by atoms with Gasteiger partial charge < -0.3 is 15.7 Å². The van der Waals surface area contributed by atoms with Crippen molar-refractivity contribution < 1.29 is 14.7 Å². The number of carboxylic acid groups (broad SMARTS) is 1. The molecule has 0 spiro atoms. The van der Waals surface area contributed by atoms with Crippen LogP contribution in [-0.4, -0.2) is 23.1 Å². The molecule has 0 saturated heterocycles. The van der Waals surface area contributed by atoms with Gasteiger partial charge in [0.05, 0.1) is 5.69 Å². The molecule has 1 rings (SSSR count). The molecule has 0 aromatic heterocycles. The van der Waals surface area contributed by atoms with Crippen molar-refractivity contribution in [3.05, 3.63) is 27.2 Å². The molecular formula is C12H14BrClN2O3. The van der Waals surface area contributed by atoms with Gasteiger partial charge in [0.2, 0.25) is 0 Å². The fraction of sp³-hybridized carbons (Fsp3) is 0.333. The first-order valence-electron chi connectivity index (χ1n) is 5.61. The van der Waals surface area contributed by atoms with Crippen molar-refractivity contribution >= 4 is 45.2 Å². The van der Waals surface area contributed by atoms with Gasteiger partial charge in [-0.15, -0.1) is 0 Å². The second-order valence-electron chi connectivity index (χ2n) is 3.98. The molecule has 0 bridgehead atoms. The van der Waals surface area contributed by atoms with Crippen molar-refractivity contribution in [2.24, 2.45) is 0 Å². The predicted molar refractivity (Wildman–Crippen MR) is 77.8 cm³/mol. The largest absolute Gasteiger partial charge is 0.480 e. The molecule has 1 aromatic rings. The van der Waals surface area contributed by atoms with E-state index in [4.69, 9.17) is 16.7 Å². The molecule has 1 atom stereocenters. The van der Waals surface area contributed by atoms with Gasteiger partial charge in [0.25, 0.3) is 0 Å². The molecule has 7 heteroatoms. The average Bonchev–Trinajstić information content (AvgIpc) is 2.32. The van der Waals surface area contributed by atoms with Crippen LogP contribution >= 0.6 is 27.5 Å². The lowest BCUT2D eigenvalue weighted by Gasteiger charge is -2.14. The number of carbonyl (C=O) groups is 2. The van der Waals surface area contributed by atoms with Gasteiger partial charge in [-0.25, -0.2) is 9.59 Å². The Morgan fingerprint density at radius 2 is 2.11 bits per heavy atom. The molecule has 2 amide bonds. The minimum absolute atomic E-state index is 0.304. The first kappa shape index (κ1) is 15.8. The van der Waals surface area contributed by atoms with Gasteiger partial charge in [-0.3, -0.25) is 0 Å². The van der Waals surface area contributed by atoms with E-state index in [1.54, 1.807) is 19.1 Å². The highest BCUT2D eigenvalue weighted by Crippen LogP contribution is 2.29. The Balaban J connectivity index is 2.77.